The number of rotatable bonds is 7. The van der Waals surface area contributed by atoms with Crippen LogP contribution >= 0.6 is 0 Å². The molecule has 0 unspecified atom stereocenters. The maximum absolute atomic E-state index is 9.33. The van der Waals surface area contributed by atoms with Crippen molar-refractivity contribution in [3.63, 3.8) is 0 Å². The van der Waals surface area contributed by atoms with Crippen molar-refractivity contribution in [1.82, 2.24) is 9.97 Å². The fourth-order valence-corrected chi connectivity index (χ4v) is 2.89. The Kier molecular flexibility index (Phi) is 5.01. The van der Waals surface area contributed by atoms with Crippen LogP contribution in [0.15, 0.2) is 48.5 Å². The molecule has 0 aliphatic carbocycles. The van der Waals surface area contributed by atoms with Crippen molar-refractivity contribution in [2.75, 3.05) is 29.7 Å². The zero-order valence-electron chi connectivity index (χ0n) is 15.2. The van der Waals surface area contributed by atoms with Crippen LogP contribution in [0, 0.1) is 0 Å². The average Bonchev–Trinajstić information content (AvgIpc) is 3.15. The van der Waals surface area contributed by atoms with Gasteiger partial charge in [-0.15, -0.1) is 0 Å². The van der Waals surface area contributed by atoms with E-state index in [2.05, 4.69) is 20.6 Å². The Labute approximate surface area is 162 Å². The zero-order valence-corrected chi connectivity index (χ0v) is 15.2. The van der Waals surface area contributed by atoms with Crippen LogP contribution in [-0.2, 0) is 13.0 Å². The van der Waals surface area contributed by atoms with Crippen molar-refractivity contribution in [1.29, 1.82) is 0 Å². The number of nitrogens with one attached hydrogen (secondary N) is 2. The molecule has 0 spiro atoms. The lowest BCUT2D eigenvalue weighted by Crippen LogP contribution is -2.10. The molecular weight excluding hydrogens is 358 g/mol. The molecule has 8 heteroatoms. The number of nitrogen functional groups attached to an aromatic ring is 1. The number of nitrogens with two attached hydrogens (primary N) is 1. The predicted octanol–water partition coefficient (Wildman–Crippen LogP) is 2.76. The van der Waals surface area contributed by atoms with Crippen LogP contribution in [0.1, 0.15) is 11.1 Å². The van der Waals surface area contributed by atoms with E-state index in [1.165, 1.54) is 0 Å². The molecule has 2 heterocycles. The number of anilines is 3. The Morgan fingerprint density at radius 1 is 0.893 bits per heavy atom. The Balaban J connectivity index is 1.34. The maximum atomic E-state index is 9.33. The van der Waals surface area contributed by atoms with Gasteiger partial charge in [0.05, 0.1) is 0 Å². The summed E-state index contributed by atoms with van der Waals surface area (Å²) in [4.78, 5) is 8.45. The molecular formula is C20H21N5O3. The second-order valence-corrected chi connectivity index (χ2v) is 6.38. The van der Waals surface area contributed by atoms with Gasteiger partial charge in [0, 0.05) is 19.2 Å². The lowest BCUT2D eigenvalue weighted by Gasteiger charge is -2.10. The number of nitrogens with zero attached hydrogens (tertiary/aromatic N) is 2. The highest BCUT2D eigenvalue weighted by atomic mass is 16.7. The minimum absolute atomic E-state index is 0.197. The number of benzene rings is 2. The molecule has 0 radical (unpaired) electrons. The molecule has 144 valence electrons. The molecule has 1 aliphatic rings. The van der Waals surface area contributed by atoms with E-state index in [-0.39, 0.29) is 18.5 Å². The van der Waals surface area contributed by atoms with Gasteiger partial charge in [-0.05, 0) is 41.8 Å². The van der Waals surface area contributed by atoms with E-state index in [1.54, 1.807) is 12.1 Å². The third-order valence-corrected chi connectivity index (χ3v) is 4.31. The summed E-state index contributed by atoms with van der Waals surface area (Å²) in [5.41, 5.74) is 8.00. The Morgan fingerprint density at radius 2 is 1.61 bits per heavy atom. The van der Waals surface area contributed by atoms with Crippen LogP contribution in [0.3, 0.4) is 0 Å². The van der Waals surface area contributed by atoms with Gasteiger partial charge in [-0.3, -0.25) is 0 Å². The molecule has 0 saturated carbocycles. The standard InChI is InChI=1S/C20H21N5O3/c21-20-24-18(22-8-7-13-1-4-15(26)5-2-13)10-19(25-20)23-11-14-3-6-16-17(9-14)28-12-27-16/h1-6,9-10,26H,7-8,11-12H2,(H4,21,22,23,24,25). The lowest BCUT2D eigenvalue weighted by atomic mass is 10.1. The summed E-state index contributed by atoms with van der Waals surface area (Å²) in [6, 6.07) is 14.8. The number of aromatic hydroxyl groups is 1. The van der Waals surface area contributed by atoms with Crippen LogP contribution in [0.4, 0.5) is 17.6 Å². The van der Waals surface area contributed by atoms with Gasteiger partial charge in [-0.25, -0.2) is 0 Å². The second-order valence-electron chi connectivity index (χ2n) is 6.38. The smallest absolute Gasteiger partial charge is 0.231 e. The number of phenols is 1. The molecule has 0 bridgehead atoms. The van der Waals surface area contributed by atoms with Crippen molar-refractivity contribution in [3.8, 4) is 17.2 Å². The fourth-order valence-electron chi connectivity index (χ4n) is 2.89. The first kappa shape index (κ1) is 17.7. The summed E-state index contributed by atoms with van der Waals surface area (Å²) in [7, 11) is 0. The van der Waals surface area contributed by atoms with E-state index in [0.717, 1.165) is 29.0 Å². The van der Waals surface area contributed by atoms with Crippen molar-refractivity contribution in [2.24, 2.45) is 0 Å². The number of aromatic nitrogens is 2. The first-order chi connectivity index (χ1) is 13.7. The molecule has 0 saturated heterocycles. The normalized spacial score (nSPS) is 12.0. The predicted molar refractivity (Wildman–Crippen MR) is 107 cm³/mol. The monoisotopic (exact) mass is 379 g/mol. The van der Waals surface area contributed by atoms with Crippen LogP contribution in [0.25, 0.3) is 0 Å². The summed E-state index contributed by atoms with van der Waals surface area (Å²) in [6.45, 7) is 1.51. The van der Waals surface area contributed by atoms with Gasteiger partial charge in [-0.1, -0.05) is 18.2 Å². The first-order valence-corrected chi connectivity index (χ1v) is 8.94. The molecule has 1 aromatic heterocycles. The molecule has 2 aromatic carbocycles. The maximum Gasteiger partial charge on any atom is 0.231 e. The summed E-state index contributed by atoms with van der Waals surface area (Å²) in [5.74, 6) is 3.26. The zero-order chi connectivity index (χ0) is 19.3. The molecule has 8 nitrogen and oxygen atoms in total. The van der Waals surface area contributed by atoms with Gasteiger partial charge in [0.2, 0.25) is 12.7 Å². The van der Waals surface area contributed by atoms with Gasteiger partial charge in [0.25, 0.3) is 0 Å². The van der Waals surface area contributed by atoms with E-state index in [9.17, 15) is 5.11 Å². The highest BCUT2D eigenvalue weighted by Crippen LogP contribution is 2.32. The Hall–Kier alpha value is -3.68. The first-order valence-electron chi connectivity index (χ1n) is 8.94. The summed E-state index contributed by atoms with van der Waals surface area (Å²) >= 11 is 0. The molecule has 0 amide bonds. The highest BCUT2D eigenvalue weighted by molar-refractivity contribution is 5.52. The van der Waals surface area contributed by atoms with E-state index in [1.807, 2.05) is 36.4 Å². The molecule has 3 aromatic rings. The van der Waals surface area contributed by atoms with E-state index >= 15 is 0 Å². The quantitative estimate of drug-likeness (QED) is 0.495. The SMILES string of the molecule is Nc1nc(NCCc2ccc(O)cc2)cc(NCc2ccc3c(c2)OCO3)n1. The fraction of sp³-hybridized carbons (Fsp3) is 0.200. The largest absolute Gasteiger partial charge is 0.508 e. The van der Waals surface area contributed by atoms with Crippen molar-refractivity contribution in [2.45, 2.75) is 13.0 Å². The third kappa shape index (κ3) is 4.35. The second kappa shape index (κ2) is 7.91. The van der Waals surface area contributed by atoms with Gasteiger partial charge < -0.3 is 30.9 Å². The molecule has 5 N–H and O–H groups in total. The Bertz CT molecular complexity index is 963. The van der Waals surface area contributed by atoms with E-state index < -0.39 is 0 Å². The van der Waals surface area contributed by atoms with Crippen LogP contribution in [0.2, 0.25) is 0 Å². The molecule has 4 rings (SSSR count). The molecule has 1 aliphatic heterocycles. The van der Waals surface area contributed by atoms with Crippen molar-refractivity contribution >= 4 is 17.6 Å². The third-order valence-electron chi connectivity index (χ3n) is 4.31. The number of ether oxygens (including phenoxy) is 2. The van der Waals surface area contributed by atoms with Gasteiger partial charge in [0.15, 0.2) is 11.5 Å². The van der Waals surface area contributed by atoms with E-state index in [4.69, 9.17) is 15.2 Å². The van der Waals surface area contributed by atoms with Crippen molar-refractivity contribution < 1.29 is 14.6 Å². The molecule has 0 atom stereocenters. The number of phenolic OH excluding ortho intramolecular Hbond substituents is 1. The van der Waals surface area contributed by atoms with Crippen molar-refractivity contribution in [3.05, 3.63) is 59.7 Å². The summed E-state index contributed by atoms with van der Waals surface area (Å²) in [5, 5.41) is 15.8. The van der Waals surface area contributed by atoms with Crippen LogP contribution < -0.4 is 25.8 Å². The average molecular weight is 379 g/mol. The Morgan fingerprint density at radius 3 is 2.43 bits per heavy atom. The number of hydrogen-bond acceptors (Lipinski definition) is 8. The van der Waals surface area contributed by atoms with Gasteiger partial charge in [0.1, 0.15) is 17.4 Å². The molecule has 0 fully saturated rings. The van der Waals surface area contributed by atoms with E-state index in [0.29, 0.717) is 24.7 Å². The molecule has 28 heavy (non-hydrogen) atoms. The van der Waals surface area contributed by atoms with Crippen LogP contribution in [0.5, 0.6) is 17.2 Å². The van der Waals surface area contributed by atoms with Gasteiger partial charge in [-0.2, -0.15) is 9.97 Å². The summed E-state index contributed by atoms with van der Waals surface area (Å²) in [6.07, 6.45) is 0.796. The topological polar surface area (TPSA) is 115 Å². The number of hydrogen-bond donors (Lipinski definition) is 4. The van der Waals surface area contributed by atoms with Gasteiger partial charge >= 0.3 is 0 Å². The minimum Gasteiger partial charge on any atom is -0.508 e. The minimum atomic E-state index is 0.197. The van der Waals surface area contributed by atoms with Crippen LogP contribution in [-0.4, -0.2) is 28.4 Å². The lowest BCUT2D eigenvalue weighted by molar-refractivity contribution is 0.174. The number of fused-ring (bicyclic) bond motifs is 1. The summed E-state index contributed by atoms with van der Waals surface area (Å²) < 4.78 is 10.7. The highest BCUT2D eigenvalue weighted by Gasteiger charge is 2.13.